The maximum Gasteiger partial charge on any atom is 0.472 e. The lowest BCUT2D eigenvalue weighted by atomic mass is 10.0. The standard InChI is InChI=1S/C46H87N2O6P/c1-3-5-7-9-11-13-15-17-19-20-21-22-23-24-26-27-29-31-33-35-37-39-45(49)44(43-54-55(51,52)53-42-41-47)48-46(50)40-38-36-34-32-30-28-25-18-16-14-12-10-8-6-4-2/h12,14,18,25,29,31,37,39,44-45,49H,3-11,13,15-17,19-24,26-28,30,32-36,38,40-43,47H2,1-2H3,(H,48,50)(H,51,52)/b14-12-,25-18-,31-29+,39-37+. The van der Waals surface area contributed by atoms with Crippen LogP contribution in [0.15, 0.2) is 48.6 Å². The third-order valence-corrected chi connectivity index (χ3v) is 10.9. The molecule has 5 N–H and O–H groups in total. The first-order valence-electron chi connectivity index (χ1n) is 22.8. The first-order valence-corrected chi connectivity index (χ1v) is 24.3. The molecule has 0 radical (unpaired) electrons. The minimum Gasteiger partial charge on any atom is -0.387 e. The average molecular weight is 795 g/mol. The molecule has 0 rings (SSSR count). The van der Waals surface area contributed by atoms with Crippen molar-refractivity contribution in [2.75, 3.05) is 19.8 Å². The van der Waals surface area contributed by atoms with Crippen LogP contribution >= 0.6 is 7.82 Å². The molecule has 0 spiro atoms. The smallest absolute Gasteiger partial charge is 0.387 e. The highest BCUT2D eigenvalue weighted by atomic mass is 31.2. The van der Waals surface area contributed by atoms with Crippen LogP contribution in [0.3, 0.4) is 0 Å². The van der Waals surface area contributed by atoms with Gasteiger partial charge in [0.15, 0.2) is 0 Å². The number of nitrogens with two attached hydrogens (primary N) is 1. The van der Waals surface area contributed by atoms with E-state index < -0.39 is 20.0 Å². The molecule has 1 amide bonds. The normalized spacial score (nSPS) is 14.5. The second-order valence-corrected chi connectivity index (χ2v) is 16.7. The van der Waals surface area contributed by atoms with Crippen molar-refractivity contribution in [1.82, 2.24) is 5.32 Å². The summed E-state index contributed by atoms with van der Waals surface area (Å²) >= 11 is 0. The Kier molecular flexibility index (Phi) is 40.9. The van der Waals surface area contributed by atoms with Crippen LogP contribution in [0.4, 0.5) is 0 Å². The van der Waals surface area contributed by atoms with E-state index in [1.807, 2.05) is 6.08 Å². The molecule has 0 aliphatic rings. The van der Waals surface area contributed by atoms with Gasteiger partial charge in [0.2, 0.25) is 5.91 Å². The highest BCUT2D eigenvalue weighted by Crippen LogP contribution is 2.43. The van der Waals surface area contributed by atoms with Crippen molar-refractivity contribution in [2.45, 2.75) is 219 Å². The Morgan fingerprint density at radius 2 is 1.02 bits per heavy atom. The number of hydrogen-bond donors (Lipinski definition) is 4. The zero-order valence-electron chi connectivity index (χ0n) is 35.7. The zero-order chi connectivity index (χ0) is 40.3. The Morgan fingerprint density at radius 1 is 0.600 bits per heavy atom. The van der Waals surface area contributed by atoms with Gasteiger partial charge in [0.05, 0.1) is 25.4 Å². The number of phosphoric acid groups is 1. The van der Waals surface area contributed by atoms with Crippen molar-refractivity contribution in [3.05, 3.63) is 48.6 Å². The van der Waals surface area contributed by atoms with Crippen molar-refractivity contribution < 1.29 is 28.4 Å². The van der Waals surface area contributed by atoms with Gasteiger partial charge in [0.1, 0.15) is 0 Å². The van der Waals surface area contributed by atoms with Crippen LogP contribution in [0.5, 0.6) is 0 Å². The molecule has 0 saturated carbocycles. The summed E-state index contributed by atoms with van der Waals surface area (Å²) in [5, 5.41) is 13.7. The van der Waals surface area contributed by atoms with E-state index in [2.05, 4.69) is 55.6 Å². The fraction of sp³-hybridized carbons (Fsp3) is 0.804. The molecular weight excluding hydrogens is 707 g/mol. The summed E-state index contributed by atoms with van der Waals surface area (Å²) in [4.78, 5) is 22.7. The summed E-state index contributed by atoms with van der Waals surface area (Å²) in [6.45, 7) is 4.08. The number of carbonyl (C=O) groups excluding carboxylic acids is 1. The van der Waals surface area contributed by atoms with E-state index in [1.165, 1.54) is 122 Å². The van der Waals surface area contributed by atoms with E-state index in [-0.39, 0.29) is 25.7 Å². The largest absolute Gasteiger partial charge is 0.472 e. The van der Waals surface area contributed by atoms with E-state index in [1.54, 1.807) is 6.08 Å². The van der Waals surface area contributed by atoms with Crippen LogP contribution < -0.4 is 11.1 Å². The molecule has 0 bridgehead atoms. The Balaban J connectivity index is 4.25. The first kappa shape index (κ1) is 53.5. The number of amides is 1. The number of phosphoric ester groups is 1. The molecule has 322 valence electrons. The summed E-state index contributed by atoms with van der Waals surface area (Å²) in [6, 6.07) is -0.885. The Bertz CT molecular complexity index is 1000. The zero-order valence-corrected chi connectivity index (χ0v) is 36.6. The minimum atomic E-state index is -4.35. The molecule has 0 fully saturated rings. The van der Waals surface area contributed by atoms with Gasteiger partial charge in [-0.2, -0.15) is 0 Å². The van der Waals surface area contributed by atoms with Gasteiger partial charge in [-0.05, 0) is 64.2 Å². The quantitative estimate of drug-likeness (QED) is 0.0275. The van der Waals surface area contributed by atoms with E-state index in [0.717, 1.165) is 64.2 Å². The third kappa shape index (κ3) is 40.5. The van der Waals surface area contributed by atoms with Crippen LogP contribution in [0, 0.1) is 0 Å². The lowest BCUT2D eigenvalue weighted by Crippen LogP contribution is -2.45. The fourth-order valence-corrected chi connectivity index (χ4v) is 7.17. The van der Waals surface area contributed by atoms with Gasteiger partial charge in [-0.25, -0.2) is 4.57 Å². The number of aliphatic hydroxyl groups is 1. The summed E-state index contributed by atoms with van der Waals surface area (Å²) in [7, 11) is -4.35. The van der Waals surface area contributed by atoms with Gasteiger partial charge in [0.25, 0.3) is 0 Å². The average Bonchev–Trinajstić information content (AvgIpc) is 3.17. The fourth-order valence-electron chi connectivity index (χ4n) is 6.41. The van der Waals surface area contributed by atoms with E-state index in [4.69, 9.17) is 14.8 Å². The summed E-state index contributed by atoms with van der Waals surface area (Å²) in [5.41, 5.74) is 5.37. The van der Waals surface area contributed by atoms with Crippen molar-refractivity contribution in [2.24, 2.45) is 5.73 Å². The van der Waals surface area contributed by atoms with Gasteiger partial charge < -0.3 is 21.1 Å². The van der Waals surface area contributed by atoms with Crippen LogP contribution in [0.25, 0.3) is 0 Å². The van der Waals surface area contributed by atoms with Gasteiger partial charge in [-0.1, -0.05) is 184 Å². The molecule has 8 nitrogen and oxygen atoms in total. The van der Waals surface area contributed by atoms with Gasteiger partial charge in [-0.3, -0.25) is 13.8 Å². The summed E-state index contributed by atoms with van der Waals surface area (Å²) in [6.07, 6.45) is 51.7. The number of carbonyl (C=O) groups is 1. The Labute approximate surface area is 339 Å². The predicted molar refractivity (Wildman–Crippen MR) is 235 cm³/mol. The van der Waals surface area contributed by atoms with Gasteiger partial charge in [0, 0.05) is 13.0 Å². The lowest BCUT2D eigenvalue weighted by Gasteiger charge is -2.23. The molecule has 0 heterocycles. The predicted octanol–water partition coefficient (Wildman–Crippen LogP) is 12.9. The van der Waals surface area contributed by atoms with Crippen molar-refractivity contribution in [3.8, 4) is 0 Å². The van der Waals surface area contributed by atoms with Crippen molar-refractivity contribution in [3.63, 3.8) is 0 Å². The number of unbranched alkanes of at least 4 members (excludes halogenated alkanes) is 24. The van der Waals surface area contributed by atoms with E-state index in [9.17, 15) is 19.4 Å². The van der Waals surface area contributed by atoms with Crippen molar-refractivity contribution >= 4 is 13.7 Å². The Morgan fingerprint density at radius 3 is 1.55 bits per heavy atom. The van der Waals surface area contributed by atoms with Crippen LogP contribution in [-0.2, 0) is 18.4 Å². The minimum absolute atomic E-state index is 0.0703. The highest BCUT2D eigenvalue weighted by molar-refractivity contribution is 7.47. The highest BCUT2D eigenvalue weighted by Gasteiger charge is 2.26. The van der Waals surface area contributed by atoms with Crippen LogP contribution in [0.1, 0.15) is 206 Å². The molecule has 0 aliphatic heterocycles. The summed E-state index contributed by atoms with van der Waals surface area (Å²) in [5.74, 6) is -0.218. The summed E-state index contributed by atoms with van der Waals surface area (Å²) < 4.78 is 22.1. The van der Waals surface area contributed by atoms with Crippen molar-refractivity contribution in [1.29, 1.82) is 0 Å². The first-order chi connectivity index (χ1) is 26.9. The maximum atomic E-state index is 12.7. The molecule has 3 unspecified atom stereocenters. The monoisotopic (exact) mass is 795 g/mol. The van der Waals surface area contributed by atoms with Gasteiger partial charge >= 0.3 is 7.82 Å². The SMILES string of the molecule is CCCCC/C=C\C/C=C\CCCCCCCC(=O)NC(COP(=O)(O)OCCN)C(O)/C=C/CC/C=C/CCCCCCCCCCCCCCCCC. The number of allylic oxidation sites excluding steroid dienone is 7. The van der Waals surface area contributed by atoms with Crippen LogP contribution in [-0.4, -0.2) is 47.8 Å². The second kappa shape index (κ2) is 42.1. The molecule has 0 saturated heterocycles. The number of aliphatic hydroxyl groups excluding tert-OH is 1. The van der Waals surface area contributed by atoms with E-state index in [0.29, 0.717) is 6.42 Å². The third-order valence-electron chi connectivity index (χ3n) is 9.88. The molecule has 9 heteroatoms. The molecule has 0 aromatic rings. The second-order valence-electron chi connectivity index (χ2n) is 15.2. The van der Waals surface area contributed by atoms with E-state index >= 15 is 0 Å². The number of hydrogen-bond acceptors (Lipinski definition) is 6. The Hall–Kier alpha value is -1.54. The molecule has 0 aromatic carbocycles. The molecule has 3 atom stereocenters. The number of rotatable bonds is 42. The van der Waals surface area contributed by atoms with Crippen LogP contribution in [0.2, 0.25) is 0 Å². The lowest BCUT2D eigenvalue weighted by molar-refractivity contribution is -0.123. The topological polar surface area (TPSA) is 131 Å². The molecule has 55 heavy (non-hydrogen) atoms. The van der Waals surface area contributed by atoms with Gasteiger partial charge in [-0.15, -0.1) is 0 Å². The number of nitrogens with one attached hydrogen (secondary N) is 1. The molecule has 0 aromatic heterocycles. The molecular formula is C46H87N2O6P. The molecule has 0 aliphatic carbocycles. The maximum absolute atomic E-state index is 12.7.